The minimum absolute atomic E-state index is 0.196. The van der Waals surface area contributed by atoms with E-state index in [-0.39, 0.29) is 11.7 Å². The number of carbonyl (C=O) groups excluding carboxylic acids is 1. The number of benzene rings is 2. The first-order chi connectivity index (χ1) is 10.6. The molecule has 0 spiro atoms. The number of rotatable bonds is 3. The predicted octanol–water partition coefficient (Wildman–Crippen LogP) is 2.84. The maximum Gasteiger partial charge on any atom is 0.290 e. The molecule has 0 atom stereocenters. The predicted molar refractivity (Wildman–Crippen MR) is 85.3 cm³/mol. The largest absolute Gasteiger partial charge is 0.342 e. The van der Waals surface area contributed by atoms with Crippen LogP contribution < -0.4 is 0 Å². The smallest absolute Gasteiger partial charge is 0.290 e. The first kappa shape index (κ1) is 14.0. The van der Waals surface area contributed by atoms with Crippen LogP contribution in [0.5, 0.6) is 0 Å². The number of H-pyrrole nitrogens is 1. The zero-order valence-corrected chi connectivity index (χ0v) is 12.4. The molecule has 22 heavy (non-hydrogen) atoms. The fourth-order valence-electron chi connectivity index (χ4n) is 2.17. The Balaban J connectivity index is 1.95. The second-order valence-corrected chi connectivity index (χ2v) is 5.15. The van der Waals surface area contributed by atoms with E-state index in [0.29, 0.717) is 5.82 Å². The SMILES string of the molecule is CN(C)C(=O)c1nc(-c2cccc(-c3ccccc3)c2)n[nH]1. The summed E-state index contributed by atoms with van der Waals surface area (Å²) in [6.07, 6.45) is 0. The summed E-state index contributed by atoms with van der Waals surface area (Å²) in [5.74, 6) is 0.561. The lowest BCUT2D eigenvalue weighted by Crippen LogP contribution is -2.22. The van der Waals surface area contributed by atoms with Gasteiger partial charge in [-0.3, -0.25) is 9.89 Å². The summed E-state index contributed by atoms with van der Waals surface area (Å²) in [5.41, 5.74) is 3.09. The number of hydrogen-bond acceptors (Lipinski definition) is 3. The van der Waals surface area contributed by atoms with Gasteiger partial charge < -0.3 is 4.90 Å². The topological polar surface area (TPSA) is 61.9 Å². The van der Waals surface area contributed by atoms with Gasteiger partial charge in [-0.05, 0) is 17.2 Å². The molecule has 1 aromatic heterocycles. The molecule has 0 fully saturated rings. The van der Waals surface area contributed by atoms with E-state index in [1.54, 1.807) is 14.1 Å². The van der Waals surface area contributed by atoms with E-state index in [9.17, 15) is 4.79 Å². The van der Waals surface area contributed by atoms with Gasteiger partial charge in [0.2, 0.25) is 5.82 Å². The molecular formula is C17H16N4O. The van der Waals surface area contributed by atoms with Crippen molar-refractivity contribution in [3.63, 3.8) is 0 Å². The molecule has 110 valence electrons. The van der Waals surface area contributed by atoms with Crippen LogP contribution in [0.3, 0.4) is 0 Å². The standard InChI is InChI=1S/C17H16N4O/c1-21(2)17(22)16-18-15(19-20-16)14-10-6-9-13(11-14)12-7-4-3-5-8-12/h3-11H,1-2H3,(H,18,19,20). The lowest BCUT2D eigenvalue weighted by Gasteiger charge is -2.05. The Morgan fingerprint density at radius 3 is 2.36 bits per heavy atom. The van der Waals surface area contributed by atoms with Crippen molar-refractivity contribution in [1.29, 1.82) is 0 Å². The summed E-state index contributed by atoms with van der Waals surface area (Å²) in [6, 6.07) is 18.0. The number of nitrogens with one attached hydrogen (secondary N) is 1. The van der Waals surface area contributed by atoms with Crippen molar-refractivity contribution in [3.8, 4) is 22.5 Å². The van der Waals surface area contributed by atoms with Gasteiger partial charge in [-0.15, -0.1) is 0 Å². The van der Waals surface area contributed by atoms with Crippen molar-refractivity contribution in [1.82, 2.24) is 20.1 Å². The minimum atomic E-state index is -0.196. The third-order valence-corrected chi connectivity index (χ3v) is 3.32. The molecule has 3 rings (SSSR count). The third kappa shape index (κ3) is 2.74. The third-order valence-electron chi connectivity index (χ3n) is 3.32. The summed E-state index contributed by atoms with van der Waals surface area (Å²) in [6.45, 7) is 0. The number of aromatic nitrogens is 3. The van der Waals surface area contributed by atoms with E-state index in [4.69, 9.17) is 0 Å². The summed E-state index contributed by atoms with van der Waals surface area (Å²) < 4.78 is 0. The maximum atomic E-state index is 11.9. The highest BCUT2D eigenvalue weighted by molar-refractivity contribution is 5.90. The van der Waals surface area contributed by atoms with Crippen LogP contribution in [0.2, 0.25) is 0 Å². The van der Waals surface area contributed by atoms with Gasteiger partial charge in [0.25, 0.3) is 5.91 Å². The van der Waals surface area contributed by atoms with Crippen molar-refractivity contribution in [2.75, 3.05) is 14.1 Å². The number of nitrogens with zero attached hydrogens (tertiary/aromatic N) is 3. The molecule has 0 unspecified atom stereocenters. The van der Waals surface area contributed by atoms with E-state index in [2.05, 4.69) is 27.3 Å². The Hall–Kier alpha value is -2.95. The minimum Gasteiger partial charge on any atom is -0.342 e. The number of carbonyl (C=O) groups is 1. The van der Waals surface area contributed by atoms with Gasteiger partial charge in [-0.25, -0.2) is 4.98 Å². The highest BCUT2D eigenvalue weighted by atomic mass is 16.2. The first-order valence-electron chi connectivity index (χ1n) is 6.95. The second-order valence-electron chi connectivity index (χ2n) is 5.15. The molecule has 0 aliphatic carbocycles. The van der Waals surface area contributed by atoms with Gasteiger partial charge >= 0.3 is 0 Å². The first-order valence-corrected chi connectivity index (χ1v) is 6.95. The van der Waals surface area contributed by atoms with Crippen LogP contribution in [0, 0.1) is 0 Å². The average Bonchev–Trinajstić information content (AvgIpc) is 3.05. The Bertz CT molecular complexity index is 793. The monoisotopic (exact) mass is 292 g/mol. The Morgan fingerprint density at radius 1 is 0.955 bits per heavy atom. The van der Waals surface area contributed by atoms with Gasteiger partial charge in [0.15, 0.2) is 5.82 Å². The summed E-state index contributed by atoms with van der Waals surface area (Å²) >= 11 is 0. The molecule has 1 N–H and O–H groups in total. The molecule has 5 nitrogen and oxygen atoms in total. The van der Waals surface area contributed by atoms with Crippen LogP contribution in [0.15, 0.2) is 54.6 Å². The number of hydrogen-bond donors (Lipinski definition) is 1. The molecule has 0 bridgehead atoms. The van der Waals surface area contributed by atoms with Crippen LogP contribution in [-0.2, 0) is 0 Å². The molecule has 3 aromatic rings. The molecule has 1 amide bonds. The van der Waals surface area contributed by atoms with Crippen molar-refractivity contribution in [3.05, 3.63) is 60.4 Å². The zero-order valence-electron chi connectivity index (χ0n) is 12.4. The number of aromatic amines is 1. The summed E-state index contributed by atoms with van der Waals surface area (Å²) in [4.78, 5) is 17.6. The number of amides is 1. The molecule has 2 aromatic carbocycles. The van der Waals surface area contributed by atoms with E-state index >= 15 is 0 Å². The fourth-order valence-corrected chi connectivity index (χ4v) is 2.17. The lowest BCUT2D eigenvalue weighted by molar-refractivity contribution is 0.0816. The molecule has 0 aliphatic heterocycles. The molecule has 0 radical (unpaired) electrons. The maximum absolute atomic E-state index is 11.9. The molecular weight excluding hydrogens is 276 g/mol. The van der Waals surface area contributed by atoms with E-state index in [0.717, 1.165) is 16.7 Å². The fraction of sp³-hybridized carbons (Fsp3) is 0.118. The van der Waals surface area contributed by atoms with Crippen LogP contribution in [0.1, 0.15) is 10.6 Å². The molecule has 0 aliphatic rings. The Morgan fingerprint density at radius 2 is 1.64 bits per heavy atom. The van der Waals surface area contributed by atoms with Crippen molar-refractivity contribution >= 4 is 5.91 Å². The van der Waals surface area contributed by atoms with Gasteiger partial charge in [-0.1, -0.05) is 48.5 Å². The normalized spacial score (nSPS) is 10.5. The van der Waals surface area contributed by atoms with E-state index in [1.165, 1.54) is 4.90 Å². The molecule has 1 heterocycles. The highest BCUT2D eigenvalue weighted by Crippen LogP contribution is 2.24. The van der Waals surface area contributed by atoms with E-state index in [1.807, 2.05) is 42.5 Å². The second kappa shape index (κ2) is 5.81. The zero-order chi connectivity index (χ0) is 15.5. The van der Waals surface area contributed by atoms with Crippen molar-refractivity contribution in [2.24, 2.45) is 0 Å². The quantitative estimate of drug-likeness (QED) is 0.807. The van der Waals surface area contributed by atoms with Crippen LogP contribution >= 0.6 is 0 Å². The molecule has 5 heteroatoms. The van der Waals surface area contributed by atoms with Crippen LogP contribution in [-0.4, -0.2) is 40.1 Å². The lowest BCUT2D eigenvalue weighted by atomic mass is 10.0. The van der Waals surface area contributed by atoms with Crippen LogP contribution in [0.25, 0.3) is 22.5 Å². The molecule has 0 saturated heterocycles. The Kier molecular flexibility index (Phi) is 3.70. The molecule has 0 saturated carbocycles. The van der Waals surface area contributed by atoms with Crippen molar-refractivity contribution < 1.29 is 4.79 Å². The van der Waals surface area contributed by atoms with Gasteiger partial charge in [0.1, 0.15) is 0 Å². The van der Waals surface area contributed by atoms with E-state index < -0.39 is 0 Å². The Labute approximate surface area is 128 Å². The average molecular weight is 292 g/mol. The van der Waals surface area contributed by atoms with Gasteiger partial charge in [0, 0.05) is 19.7 Å². The summed E-state index contributed by atoms with van der Waals surface area (Å²) in [7, 11) is 3.36. The van der Waals surface area contributed by atoms with Crippen molar-refractivity contribution in [2.45, 2.75) is 0 Å². The van der Waals surface area contributed by atoms with Crippen LogP contribution in [0.4, 0.5) is 0 Å². The highest BCUT2D eigenvalue weighted by Gasteiger charge is 2.14. The van der Waals surface area contributed by atoms with Gasteiger partial charge in [-0.2, -0.15) is 5.10 Å². The van der Waals surface area contributed by atoms with Gasteiger partial charge in [0.05, 0.1) is 0 Å². The summed E-state index contributed by atoms with van der Waals surface area (Å²) in [5, 5.41) is 6.83.